The zero-order valence-electron chi connectivity index (χ0n) is 14.3. The summed E-state index contributed by atoms with van der Waals surface area (Å²) in [4.78, 5) is 14.4. The normalized spacial score (nSPS) is 23.1. The topological polar surface area (TPSA) is 76.0 Å². The lowest BCUT2D eigenvalue weighted by atomic mass is 10.1. The lowest BCUT2D eigenvalue weighted by molar-refractivity contribution is 0.0121. The lowest BCUT2D eigenvalue weighted by Gasteiger charge is -2.33. The maximum Gasteiger partial charge on any atom is 0.314 e. The van der Waals surface area contributed by atoms with Gasteiger partial charge in [0.25, 0.3) is 0 Å². The van der Waals surface area contributed by atoms with Crippen LogP contribution in [0.1, 0.15) is 30.4 Å². The van der Waals surface area contributed by atoms with Crippen LogP contribution in [-0.4, -0.2) is 63.0 Å². The Hall–Kier alpha value is -1.57. The minimum atomic E-state index is -0.160. The summed E-state index contributed by atoms with van der Waals surface area (Å²) in [6, 6.07) is 3.81. The van der Waals surface area contributed by atoms with Crippen molar-refractivity contribution in [1.29, 1.82) is 0 Å². The Labute approximate surface area is 142 Å². The quantitative estimate of drug-likeness (QED) is 0.821. The van der Waals surface area contributed by atoms with Gasteiger partial charge in [0.05, 0.1) is 25.4 Å². The molecule has 2 saturated heterocycles. The van der Waals surface area contributed by atoms with Crippen molar-refractivity contribution < 1.29 is 18.7 Å². The molecule has 2 aliphatic heterocycles. The van der Waals surface area contributed by atoms with E-state index in [9.17, 15) is 4.79 Å². The van der Waals surface area contributed by atoms with Crippen molar-refractivity contribution in [1.82, 2.24) is 15.5 Å². The van der Waals surface area contributed by atoms with E-state index in [4.69, 9.17) is 13.9 Å². The zero-order chi connectivity index (χ0) is 16.8. The highest BCUT2D eigenvalue weighted by atomic mass is 16.5. The second-order valence-electron chi connectivity index (χ2n) is 6.34. The first-order valence-corrected chi connectivity index (χ1v) is 8.74. The van der Waals surface area contributed by atoms with E-state index in [2.05, 4.69) is 15.5 Å². The van der Waals surface area contributed by atoms with E-state index < -0.39 is 0 Å². The predicted molar refractivity (Wildman–Crippen MR) is 89.0 cm³/mol. The highest BCUT2D eigenvalue weighted by Gasteiger charge is 2.26. The van der Waals surface area contributed by atoms with Crippen LogP contribution in [0.2, 0.25) is 0 Å². The van der Waals surface area contributed by atoms with Gasteiger partial charge in [-0.2, -0.15) is 0 Å². The summed E-state index contributed by atoms with van der Waals surface area (Å²) in [5, 5.41) is 5.85. The molecule has 2 N–H and O–H groups in total. The number of urea groups is 1. The number of carbonyl (C=O) groups excluding carboxylic acids is 1. The third-order valence-electron chi connectivity index (χ3n) is 4.55. The number of furan rings is 1. The summed E-state index contributed by atoms with van der Waals surface area (Å²) in [6.07, 6.45) is 2.24. The number of hydrogen-bond acceptors (Lipinski definition) is 5. The maximum absolute atomic E-state index is 12.1. The molecule has 0 spiro atoms. The molecule has 3 rings (SSSR count). The van der Waals surface area contributed by atoms with Crippen molar-refractivity contribution in [2.45, 2.75) is 31.9 Å². The summed E-state index contributed by atoms with van der Waals surface area (Å²) >= 11 is 0. The van der Waals surface area contributed by atoms with Crippen LogP contribution >= 0.6 is 0 Å². The number of rotatable bonds is 6. The fourth-order valence-corrected chi connectivity index (χ4v) is 3.20. The van der Waals surface area contributed by atoms with E-state index in [1.807, 2.05) is 19.1 Å². The average molecular weight is 337 g/mol. The van der Waals surface area contributed by atoms with Crippen LogP contribution in [0.3, 0.4) is 0 Å². The molecule has 2 atom stereocenters. The second kappa shape index (κ2) is 8.50. The first kappa shape index (κ1) is 17.3. The first-order valence-electron chi connectivity index (χ1n) is 8.74. The molecule has 7 nitrogen and oxygen atoms in total. The van der Waals surface area contributed by atoms with E-state index in [1.54, 1.807) is 0 Å². The Bertz CT molecular complexity index is 522. The first-order chi connectivity index (χ1) is 11.7. The molecule has 0 aliphatic carbocycles. The molecular weight excluding hydrogens is 310 g/mol. The molecule has 1 aromatic heterocycles. The molecule has 1 aromatic rings. The summed E-state index contributed by atoms with van der Waals surface area (Å²) in [7, 11) is 0. The number of hydrogen-bond donors (Lipinski definition) is 2. The number of aryl methyl sites for hydroxylation is 1. The van der Waals surface area contributed by atoms with Gasteiger partial charge >= 0.3 is 6.03 Å². The predicted octanol–water partition coefficient (Wildman–Crippen LogP) is 1.44. The Morgan fingerprint density at radius 3 is 2.79 bits per heavy atom. The molecule has 2 amide bonds. The Kier molecular flexibility index (Phi) is 6.12. The average Bonchev–Trinajstić information content (AvgIpc) is 3.26. The van der Waals surface area contributed by atoms with E-state index in [0.29, 0.717) is 26.3 Å². The highest BCUT2D eigenvalue weighted by molar-refractivity contribution is 5.73. The zero-order valence-corrected chi connectivity index (χ0v) is 14.3. The van der Waals surface area contributed by atoms with Crippen LogP contribution < -0.4 is 10.6 Å². The number of nitrogens with one attached hydrogen (secondary N) is 2. The molecular formula is C17H27N3O4. The van der Waals surface area contributed by atoms with E-state index in [-0.39, 0.29) is 18.2 Å². The Morgan fingerprint density at radius 1 is 1.29 bits per heavy atom. The molecule has 7 heteroatoms. The largest absolute Gasteiger partial charge is 0.465 e. The second-order valence-corrected chi connectivity index (χ2v) is 6.34. The Morgan fingerprint density at radius 2 is 2.12 bits per heavy atom. The van der Waals surface area contributed by atoms with Gasteiger partial charge in [0.2, 0.25) is 0 Å². The van der Waals surface area contributed by atoms with Gasteiger partial charge in [0, 0.05) is 32.8 Å². The molecule has 134 valence electrons. The highest BCUT2D eigenvalue weighted by Crippen LogP contribution is 2.23. The molecule has 0 saturated carbocycles. The van der Waals surface area contributed by atoms with Gasteiger partial charge in [-0.25, -0.2) is 4.79 Å². The fourth-order valence-electron chi connectivity index (χ4n) is 3.20. The number of amides is 2. The summed E-state index contributed by atoms with van der Waals surface area (Å²) in [5.74, 6) is 1.76. The van der Waals surface area contributed by atoms with Gasteiger partial charge in [-0.3, -0.25) is 4.90 Å². The SMILES string of the molecule is Cc1ccc(C(CNC(=O)NCC2CCCO2)N2CCOCC2)o1. The molecule has 24 heavy (non-hydrogen) atoms. The molecule has 0 bridgehead atoms. The third-order valence-corrected chi connectivity index (χ3v) is 4.55. The van der Waals surface area contributed by atoms with Crippen LogP contribution in [0.5, 0.6) is 0 Å². The van der Waals surface area contributed by atoms with Crippen molar-refractivity contribution in [3.63, 3.8) is 0 Å². The number of carbonyl (C=O) groups is 1. The third kappa shape index (κ3) is 4.72. The van der Waals surface area contributed by atoms with Crippen LogP contribution in [0.15, 0.2) is 16.5 Å². The lowest BCUT2D eigenvalue weighted by Crippen LogP contribution is -2.46. The van der Waals surface area contributed by atoms with Crippen LogP contribution in [0.25, 0.3) is 0 Å². The van der Waals surface area contributed by atoms with E-state index in [0.717, 1.165) is 44.1 Å². The van der Waals surface area contributed by atoms with E-state index >= 15 is 0 Å². The number of morpholine rings is 1. The summed E-state index contributed by atoms with van der Waals surface area (Å²) in [5.41, 5.74) is 0. The summed E-state index contributed by atoms with van der Waals surface area (Å²) in [6.45, 7) is 6.89. The molecule has 0 aromatic carbocycles. The fraction of sp³-hybridized carbons (Fsp3) is 0.706. The van der Waals surface area contributed by atoms with Gasteiger partial charge in [0.1, 0.15) is 11.5 Å². The van der Waals surface area contributed by atoms with Crippen molar-refractivity contribution in [3.8, 4) is 0 Å². The molecule has 2 unspecified atom stereocenters. The Balaban J connectivity index is 1.52. The molecule has 2 aliphatic rings. The number of ether oxygens (including phenoxy) is 2. The van der Waals surface area contributed by atoms with Gasteiger partial charge in [-0.05, 0) is 31.9 Å². The van der Waals surface area contributed by atoms with Crippen molar-refractivity contribution >= 4 is 6.03 Å². The van der Waals surface area contributed by atoms with E-state index in [1.165, 1.54) is 0 Å². The van der Waals surface area contributed by atoms with Gasteiger partial charge in [-0.15, -0.1) is 0 Å². The van der Waals surface area contributed by atoms with Gasteiger partial charge in [-0.1, -0.05) is 0 Å². The minimum Gasteiger partial charge on any atom is -0.465 e. The maximum atomic E-state index is 12.1. The minimum absolute atomic E-state index is 0.0241. The van der Waals surface area contributed by atoms with Gasteiger partial charge in [0.15, 0.2) is 0 Å². The van der Waals surface area contributed by atoms with Crippen LogP contribution in [0.4, 0.5) is 4.79 Å². The molecule has 0 radical (unpaired) electrons. The van der Waals surface area contributed by atoms with Crippen LogP contribution in [-0.2, 0) is 9.47 Å². The van der Waals surface area contributed by atoms with Crippen LogP contribution in [0, 0.1) is 6.92 Å². The van der Waals surface area contributed by atoms with Crippen molar-refractivity contribution in [3.05, 3.63) is 23.7 Å². The monoisotopic (exact) mass is 337 g/mol. The van der Waals surface area contributed by atoms with Crippen molar-refractivity contribution in [2.75, 3.05) is 46.0 Å². The smallest absolute Gasteiger partial charge is 0.314 e. The number of nitrogens with zero attached hydrogens (tertiary/aromatic N) is 1. The standard InChI is InChI=1S/C17H27N3O4/c1-13-4-5-16(24-13)15(20-6-9-22-10-7-20)12-19-17(21)18-11-14-3-2-8-23-14/h4-5,14-15H,2-3,6-12H2,1H3,(H2,18,19,21). The van der Waals surface area contributed by atoms with Gasteiger partial charge < -0.3 is 24.5 Å². The van der Waals surface area contributed by atoms with Crippen molar-refractivity contribution in [2.24, 2.45) is 0 Å². The molecule has 2 fully saturated rings. The summed E-state index contributed by atoms with van der Waals surface area (Å²) < 4.78 is 16.7. The molecule has 3 heterocycles.